The van der Waals surface area contributed by atoms with Crippen LogP contribution in [0.5, 0.6) is 5.75 Å². The lowest BCUT2D eigenvalue weighted by Gasteiger charge is -2.12. The third-order valence-corrected chi connectivity index (χ3v) is 3.70. The van der Waals surface area contributed by atoms with Gasteiger partial charge in [0.25, 0.3) is 0 Å². The number of carbonyl (C=O) groups is 1. The second kappa shape index (κ2) is 9.24. The summed E-state index contributed by atoms with van der Waals surface area (Å²) in [6.07, 6.45) is -4.30. The van der Waals surface area contributed by atoms with E-state index in [-0.39, 0.29) is 13.2 Å². The number of benzene rings is 2. The van der Waals surface area contributed by atoms with E-state index in [0.29, 0.717) is 18.6 Å². The first-order chi connectivity index (χ1) is 12.4. The molecule has 7 heteroatoms. The summed E-state index contributed by atoms with van der Waals surface area (Å²) in [7, 11) is 0. The minimum Gasteiger partial charge on any atom is -0.492 e. The number of amides is 1. The summed E-state index contributed by atoms with van der Waals surface area (Å²) in [6.45, 7) is -0.312. The molecule has 0 spiro atoms. The van der Waals surface area contributed by atoms with Crippen LogP contribution >= 0.6 is 0 Å². The van der Waals surface area contributed by atoms with E-state index in [1.165, 1.54) is 0 Å². The van der Waals surface area contributed by atoms with E-state index in [1.54, 1.807) is 23.5 Å². The third-order valence-electron chi connectivity index (χ3n) is 3.70. The van der Waals surface area contributed by atoms with Crippen LogP contribution in [-0.2, 0) is 11.2 Å². The van der Waals surface area contributed by atoms with Crippen molar-refractivity contribution in [1.29, 1.82) is 0 Å². The highest BCUT2D eigenvalue weighted by Crippen LogP contribution is 2.21. The average molecular weight is 367 g/mol. The number of alkyl halides is 3. The monoisotopic (exact) mass is 367 g/mol. The van der Waals surface area contributed by atoms with Gasteiger partial charge in [-0.1, -0.05) is 42.5 Å². The topological polar surface area (TPSA) is 58.6 Å². The van der Waals surface area contributed by atoms with E-state index in [4.69, 9.17) is 4.74 Å². The van der Waals surface area contributed by atoms with Gasteiger partial charge in [0.2, 0.25) is 0 Å². The molecule has 4 nitrogen and oxygen atoms in total. The standard InChI is InChI=1S/C19H20F3NO3/c20-19(21,22)18(25)23-11-12-26-16-8-4-5-14(13-16)9-10-17(24)15-6-2-1-3-7-15/h1-8,13,17,24H,9-12H2,(H,23,25). The third kappa shape index (κ3) is 6.40. The molecule has 0 aliphatic rings. The largest absolute Gasteiger partial charge is 0.492 e. The smallest absolute Gasteiger partial charge is 0.471 e. The van der Waals surface area contributed by atoms with Crippen molar-refractivity contribution in [2.24, 2.45) is 0 Å². The minimum absolute atomic E-state index is 0.0715. The van der Waals surface area contributed by atoms with E-state index in [1.807, 2.05) is 36.4 Å². The first-order valence-electron chi connectivity index (χ1n) is 8.16. The first-order valence-corrected chi connectivity index (χ1v) is 8.16. The highest BCUT2D eigenvalue weighted by Gasteiger charge is 2.38. The molecule has 0 bridgehead atoms. The molecule has 2 aromatic rings. The molecule has 0 saturated carbocycles. The van der Waals surface area contributed by atoms with Crippen LogP contribution in [0.2, 0.25) is 0 Å². The van der Waals surface area contributed by atoms with Crippen molar-refractivity contribution in [3.8, 4) is 5.75 Å². The molecule has 0 aromatic heterocycles. The lowest BCUT2D eigenvalue weighted by atomic mass is 10.0. The van der Waals surface area contributed by atoms with Gasteiger partial charge in [0.1, 0.15) is 12.4 Å². The fourth-order valence-corrected chi connectivity index (χ4v) is 2.37. The summed E-state index contributed by atoms with van der Waals surface area (Å²) in [6, 6.07) is 16.4. The van der Waals surface area contributed by atoms with Gasteiger partial charge in [0.15, 0.2) is 0 Å². The zero-order valence-electron chi connectivity index (χ0n) is 14.0. The van der Waals surface area contributed by atoms with Crippen LogP contribution in [-0.4, -0.2) is 30.3 Å². The van der Waals surface area contributed by atoms with Gasteiger partial charge in [0, 0.05) is 0 Å². The van der Waals surface area contributed by atoms with Crippen LogP contribution in [0.1, 0.15) is 23.7 Å². The molecule has 0 aliphatic carbocycles. The maximum atomic E-state index is 12.1. The molecule has 2 aromatic carbocycles. The zero-order valence-corrected chi connectivity index (χ0v) is 14.0. The van der Waals surface area contributed by atoms with E-state index in [2.05, 4.69) is 0 Å². The van der Waals surface area contributed by atoms with Gasteiger partial charge in [-0.2, -0.15) is 13.2 Å². The van der Waals surface area contributed by atoms with Crippen molar-refractivity contribution in [3.63, 3.8) is 0 Å². The normalized spacial score (nSPS) is 12.5. The minimum atomic E-state index is -4.89. The van der Waals surface area contributed by atoms with Crippen molar-refractivity contribution < 1.29 is 27.8 Å². The number of hydrogen-bond acceptors (Lipinski definition) is 3. The zero-order chi connectivity index (χ0) is 19.0. The number of hydrogen-bond donors (Lipinski definition) is 2. The Labute approximate surface area is 149 Å². The fraction of sp³-hybridized carbons (Fsp3) is 0.316. The Hall–Kier alpha value is -2.54. The van der Waals surface area contributed by atoms with E-state index >= 15 is 0 Å². The van der Waals surface area contributed by atoms with Gasteiger partial charge in [-0.25, -0.2) is 0 Å². The Morgan fingerprint density at radius 1 is 1.12 bits per heavy atom. The number of nitrogens with one attached hydrogen (secondary N) is 1. The molecule has 0 heterocycles. The molecule has 26 heavy (non-hydrogen) atoms. The van der Waals surface area contributed by atoms with E-state index < -0.39 is 18.2 Å². The van der Waals surface area contributed by atoms with Crippen molar-refractivity contribution in [3.05, 3.63) is 65.7 Å². The molecule has 0 saturated heterocycles. The summed E-state index contributed by atoms with van der Waals surface area (Å²) in [5.74, 6) is -1.48. The maximum Gasteiger partial charge on any atom is 0.471 e. The summed E-state index contributed by atoms with van der Waals surface area (Å²) in [5.41, 5.74) is 1.79. The van der Waals surface area contributed by atoms with Crippen LogP contribution in [0.4, 0.5) is 13.2 Å². The van der Waals surface area contributed by atoms with E-state index in [9.17, 15) is 23.1 Å². The molecule has 2 rings (SSSR count). The highest BCUT2D eigenvalue weighted by atomic mass is 19.4. The Bertz CT molecular complexity index is 705. The Morgan fingerprint density at radius 3 is 2.54 bits per heavy atom. The molecule has 1 atom stereocenters. The fourth-order valence-electron chi connectivity index (χ4n) is 2.37. The van der Waals surface area contributed by atoms with Crippen LogP contribution in [0.25, 0.3) is 0 Å². The molecule has 140 valence electrons. The number of ether oxygens (including phenoxy) is 1. The predicted octanol–water partition coefficient (Wildman–Crippen LogP) is 3.41. The van der Waals surface area contributed by atoms with Gasteiger partial charge < -0.3 is 15.2 Å². The molecule has 1 unspecified atom stereocenters. The number of aliphatic hydroxyl groups excluding tert-OH is 1. The first kappa shape index (κ1) is 19.8. The molecule has 0 fully saturated rings. The van der Waals surface area contributed by atoms with Gasteiger partial charge in [-0.15, -0.1) is 0 Å². The SMILES string of the molecule is O=C(NCCOc1cccc(CCC(O)c2ccccc2)c1)C(F)(F)F. The van der Waals surface area contributed by atoms with Crippen molar-refractivity contribution in [2.75, 3.05) is 13.2 Å². The van der Waals surface area contributed by atoms with Gasteiger partial charge in [-0.3, -0.25) is 4.79 Å². The molecule has 2 N–H and O–H groups in total. The summed E-state index contributed by atoms with van der Waals surface area (Å²) in [5, 5.41) is 11.9. The Morgan fingerprint density at radius 2 is 1.85 bits per heavy atom. The van der Waals surface area contributed by atoms with Crippen molar-refractivity contribution in [2.45, 2.75) is 25.1 Å². The van der Waals surface area contributed by atoms with Crippen LogP contribution in [0.15, 0.2) is 54.6 Å². The second-order valence-electron chi connectivity index (χ2n) is 5.71. The number of aliphatic hydroxyl groups is 1. The van der Waals surface area contributed by atoms with Gasteiger partial charge in [-0.05, 0) is 36.1 Å². The quantitative estimate of drug-likeness (QED) is 0.703. The molecule has 0 aliphatic heterocycles. The highest BCUT2D eigenvalue weighted by molar-refractivity contribution is 5.81. The molecular formula is C19H20F3NO3. The van der Waals surface area contributed by atoms with E-state index in [0.717, 1.165) is 11.1 Å². The lowest BCUT2D eigenvalue weighted by molar-refractivity contribution is -0.173. The van der Waals surface area contributed by atoms with Gasteiger partial charge in [0.05, 0.1) is 12.6 Å². The number of carbonyl (C=O) groups excluding carboxylic acids is 1. The summed E-state index contributed by atoms with van der Waals surface area (Å²) in [4.78, 5) is 10.7. The summed E-state index contributed by atoms with van der Waals surface area (Å²) >= 11 is 0. The lowest BCUT2D eigenvalue weighted by Crippen LogP contribution is -2.38. The van der Waals surface area contributed by atoms with Crippen molar-refractivity contribution in [1.82, 2.24) is 5.32 Å². The van der Waals surface area contributed by atoms with Crippen LogP contribution < -0.4 is 10.1 Å². The maximum absolute atomic E-state index is 12.1. The van der Waals surface area contributed by atoms with Crippen molar-refractivity contribution >= 4 is 5.91 Å². The second-order valence-corrected chi connectivity index (χ2v) is 5.71. The predicted molar refractivity (Wildman–Crippen MR) is 90.7 cm³/mol. The summed E-state index contributed by atoms with van der Waals surface area (Å²) < 4.78 is 41.5. The number of halogens is 3. The molecule has 0 radical (unpaired) electrons. The number of aryl methyl sites for hydroxylation is 1. The Kier molecular flexibility index (Phi) is 7.03. The van der Waals surface area contributed by atoms with Crippen LogP contribution in [0.3, 0.4) is 0 Å². The number of rotatable bonds is 8. The van der Waals surface area contributed by atoms with Crippen LogP contribution in [0, 0.1) is 0 Å². The average Bonchev–Trinajstić information content (AvgIpc) is 2.63. The van der Waals surface area contributed by atoms with Gasteiger partial charge >= 0.3 is 12.1 Å². The molecule has 1 amide bonds. The Balaban J connectivity index is 1.78. The molecular weight excluding hydrogens is 347 g/mol.